The molecule has 0 bridgehead atoms. The Morgan fingerprint density at radius 1 is 0.929 bits per heavy atom. The number of fused-ring (bicyclic) bond motifs is 1. The second-order valence-corrected chi connectivity index (χ2v) is 6.57. The number of hydrogen-bond acceptors (Lipinski definition) is 4. The number of hydrogen-bond donors (Lipinski definition) is 3. The zero-order chi connectivity index (χ0) is 19.8. The number of ketones is 1. The zero-order valence-electron chi connectivity index (χ0n) is 14.7. The van der Waals surface area contributed by atoms with Gasteiger partial charge in [0.25, 0.3) is 5.91 Å². The molecule has 3 N–H and O–H groups in total. The van der Waals surface area contributed by atoms with Crippen molar-refractivity contribution in [1.82, 2.24) is 0 Å². The summed E-state index contributed by atoms with van der Waals surface area (Å²) in [4.78, 5) is 24.9. The third kappa shape index (κ3) is 2.99. The molecule has 1 amide bonds. The summed E-state index contributed by atoms with van der Waals surface area (Å²) in [6.45, 7) is 0. The summed E-state index contributed by atoms with van der Waals surface area (Å²) in [5.74, 6) is -1.50. The summed E-state index contributed by atoms with van der Waals surface area (Å²) in [5.41, 5.74) is 2.81. The topological polar surface area (TPSA) is 86.6 Å². The van der Waals surface area contributed by atoms with Crippen LogP contribution in [-0.4, -0.2) is 21.9 Å². The van der Waals surface area contributed by atoms with Gasteiger partial charge in [0, 0.05) is 23.1 Å². The molecule has 1 aliphatic rings. The average molecular weight is 377 g/mol. The first kappa shape index (κ1) is 17.7. The molecule has 28 heavy (non-hydrogen) atoms. The van der Waals surface area contributed by atoms with Crippen LogP contribution < -0.4 is 5.32 Å². The van der Waals surface area contributed by atoms with E-state index in [-0.39, 0.29) is 22.8 Å². The Hall–Kier alpha value is -3.67. The summed E-state index contributed by atoms with van der Waals surface area (Å²) < 4.78 is 13.1. The molecule has 140 valence electrons. The highest BCUT2D eigenvalue weighted by atomic mass is 19.1. The minimum Gasteiger partial charge on any atom is -0.504 e. The Balaban J connectivity index is 1.76. The maximum absolute atomic E-state index is 13.1. The van der Waals surface area contributed by atoms with E-state index < -0.39 is 11.7 Å². The van der Waals surface area contributed by atoms with Crippen LogP contribution in [0.2, 0.25) is 0 Å². The Morgan fingerprint density at radius 2 is 1.68 bits per heavy atom. The van der Waals surface area contributed by atoms with E-state index in [1.165, 1.54) is 30.3 Å². The van der Waals surface area contributed by atoms with Gasteiger partial charge in [0.05, 0.1) is 5.69 Å². The third-order valence-corrected chi connectivity index (χ3v) is 4.85. The lowest BCUT2D eigenvalue weighted by Gasteiger charge is -2.15. The van der Waals surface area contributed by atoms with Gasteiger partial charge in [-0.2, -0.15) is 0 Å². The Morgan fingerprint density at radius 3 is 2.43 bits per heavy atom. The van der Waals surface area contributed by atoms with Crippen LogP contribution in [0.3, 0.4) is 0 Å². The lowest BCUT2D eigenvalue weighted by molar-refractivity contribution is 0.0995. The highest BCUT2D eigenvalue weighted by molar-refractivity contribution is 6.12. The van der Waals surface area contributed by atoms with Crippen LogP contribution in [0, 0.1) is 5.82 Å². The highest BCUT2D eigenvalue weighted by Crippen LogP contribution is 2.42. The van der Waals surface area contributed by atoms with Gasteiger partial charge < -0.3 is 15.5 Å². The van der Waals surface area contributed by atoms with E-state index in [0.29, 0.717) is 40.8 Å². The van der Waals surface area contributed by atoms with E-state index in [0.717, 1.165) is 0 Å². The van der Waals surface area contributed by atoms with Crippen LogP contribution in [-0.2, 0) is 6.42 Å². The number of anilines is 1. The van der Waals surface area contributed by atoms with E-state index in [2.05, 4.69) is 5.32 Å². The number of aromatic hydroxyl groups is 2. The van der Waals surface area contributed by atoms with Crippen molar-refractivity contribution < 1.29 is 24.2 Å². The van der Waals surface area contributed by atoms with Crippen molar-refractivity contribution in [2.75, 3.05) is 5.32 Å². The van der Waals surface area contributed by atoms with E-state index in [1.54, 1.807) is 24.3 Å². The van der Waals surface area contributed by atoms with Crippen LogP contribution >= 0.6 is 0 Å². The molecular formula is C22H16FNO4. The quantitative estimate of drug-likeness (QED) is 0.595. The van der Waals surface area contributed by atoms with Crippen LogP contribution in [0.25, 0.3) is 11.1 Å². The smallest absolute Gasteiger partial charge is 0.255 e. The number of carbonyl (C=O) groups is 2. The Bertz CT molecular complexity index is 1110. The van der Waals surface area contributed by atoms with Crippen molar-refractivity contribution in [1.29, 1.82) is 0 Å². The Labute approximate surface area is 160 Å². The molecule has 4 rings (SSSR count). The summed E-state index contributed by atoms with van der Waals surface area (Å²) in [7, 11) is 0. The molecule has 5 nitrogen and oxygen atoms in total. The number of halogens is 1. The van der Waals surface area contributed by atoms with Gasteiger partial charge in [0.15, 0.2) is 17.3 Å². The summed E-state index contributed by atoms with van der Waals surface area (Å²) in [5, 5.41) is 22.7. The monoisotopic (exact) mass is 377 g/mol. The number of amides is 1. The maximum Gasteiger partial charge on any atom is 0.255 e. The van der Waals surface area contributed by atoms with E-state index in [4.69, 9.17) is 0 Å². The normalized spacial score (nSPS) is 12.7. The van der Waals surface area contributed by atoms with Crippen LogP contribution in [0.5, 0.6) is 11.5 Å². The molecule has 0 fully saturated rings. The molecule has 0 aliphatic heterocycles. The first-order chi connectivity index (χ1) is 13.5. The number of benzene rings is 3. The van der Waals surface area contributed by atoms with Crippen molar-refractivity contribution in [2.24, 2.45) is 0 Å². The predicted molar refractivity (Wildman–Crippen MR) is 102 cm³/mol. The fourth-order valence-electron chi connectivity index (χ4n) is 3.49. The minimum absolute atomic E-state index is 0.106. The van der Waals surface area contributed by atoms with Gasteiger partial charge >= 0.3 is 0 Å². The zero-order valence-corrected chi connectivity index (χ0v) is 14.7. The number of carbonyl (C=O) groups excluding carboxylic acids is 2. The molecular weight excluding hydrogens is 361 g/mol. The lowest BCUT2D eigenvalue weighted by Crippen LogP contribution is -2.14. The molecule has 3 aromatic carbocycles. The first-order valence-electron chi connectivity index (χ1n) is 8.73. The molecule has 0 unspecified atom stereocenters. The summed E-state index contributed by atoms with van der Waals surface area (Å²) in [6, 6.07) is 13.1. The van der Waals surface area contributed by atoms with Gasteiger partial charge in [0.2, 0.25) is 0 Å². The maximum atomic E-state index is 13.1. The third-order valence-electron chi connectivity index (χ3n) is 4.85. The van der Waals surface area contributed by atoms with E-state index in [9.17, 15) is 24.2 Å². The van der Waals surface area contributed by atoms with Crippen molar-refractivity contribution in [3.8, 4) is 22.6 Å². The summed E-state index contributed by atoms with van der Waals surface area (Å²) >= 11 is 0. The average Bonchev–Trinajstić information content (AvgIpc) is 3.07. The number of Topliss-reactive ketones (excluding diaryl/α,β-unsaturated/α-hetero) is 1. The standard InChI is InChI=1S/C22H16FNO4/c23-13-6-4-12(5-7-13)22(28)24-17-10-8-14(15-9-11-18(25)20(15)17)16-2-1-3-19(26)21(16)27/h1-8,10,26-27H,9,11H2,(H,24,28). The molecule has 0 atom stereocenters. The van der Waals surface area contributed by atoms with E-state index >= 15 is 0 Å². The van der Waals surface area contributed by atoms with Gasteiger partial charge in [-0.05, 0) is 53.9 Å². The fourth-order valence-corrected chi connectivity index (χ4v) is 3.49. The molecule has 3 aromatic rings. The molecule has 0 radical (unpaired) electrons. The summed E-state index contributed by atoms with van der Waals surface area (Å²) in [6.07, 6.45) is 0.768. The minimum atomic E-state index is -0.449. The van der Waals surface area contributed by atoms with Gasteiger partial charge in [0.1, 0.15) is 5.82 Å². The lowest BCUT2D eigenvalue weighted by atomic mass is 9.94. The first-order valence-corrected chi connectivity index (χ1v) is 8.73. The molecule has 0 heterocycles. The Kier molecular flexibility index (Phi) is 4.31. The number of phenolic OH excluding ortho intramolecular Hbond substituents is 2. The van der Waals surface area contributed by atoms with Crippen molar-refractivity contribution in [3.63, 3.8) is 0 Å². The van der Waals surface area contributed by atoms with Gasteiger partial charge in [-0.15, -0.1) is 0 Å². The number of para-hydroxylation sites is 1. The van der Waals surface area contributed by atoms with Gasteiger partial charge in [-0.3, -0.25) is 9.59 Å². The van der Waals surface area contributed by atoms with Crippen LogP contribution in [0.1, 0.15) is 32.7 Å². The van der Waals surface area contributed by atoms with Crippen LogP contribution in [0.15, 0.2) is 54.6 Å². The van der Waals surface area contributed by atoms with E-state index in [1.807, 2.05) is 0 Å². The second kappa shape index (κ2) is 6.81. The molecule has 0 spiro atoms. The fraction of sp³-hybridized carbons (Fsp3) is 0.0909. The van der Waals surface area contributed by atoms with Crippen molar-refractivity contribution >= 4 is 17.4 Å². The number of rotatable bonds is 3. The largest absolute Gasteiger partial charge is 0.504 e. The number of phenols is 2. The SMILES string of the molecule is O=C(Nc1ccc(-c2cccc(O)c2O)c2c1C(=O)CC2)c1ccc(F)cc1. The highest BCUT2D eigenvalue weighted by Gasteiger charge is 2.28. The van der Waals surface area contributed by atoms with Crippen molar-refractivity contribution in [3.05, 3.63) is 77.1 Å². The molecule has 6 heteroatoms. The van der Waals surface area contributed by atoms with Crippen molar-refractivity contribution in [2.45, 2.75) is 12.8 Å². The molecule has 0 saturated carbocycles. The van der Waals surface area contributed by atoms with Crippen LogP contribution in [0.4, 0.5) is 10.1 Å². The second-order valence-electron chi connectivity index (χ2n) is 6.57. The van der Waals surface area contributed by atoms with Gasteiger partial charge in [-0.25, -0.2) is 4.39 Å². The van der Waals surface area contributed by atoms with Gasteiger partial charge in [-0.1, -0.05) is 18.2 Å². The number of nitrogens with one attached hydrogen (secondary N) is 1. The predicted octanol–water partition coefficient (Wildman–Crippen LogP) is 4.29. The molecule has 1 aliphatic carbocycles. The molecule has 0 aromatic heterocycles. The molecule has 0 saturated heterocycles.